The minimum Gasteiger partial charge on any atom is -0.388 e. The highest BCUT2D eigenvalue weighted by atomic mass is 35.5. The molecule has 3 N–H and O–H groups in total. The van der Waals surface area contributed by atoms with E-state index in [0.29, 0.717) is 24.7 Å². The maximum Gasteiger partial charge on any atom is 0.229 e. The van der Waals surface area contributed by atoms with Crippen LogP contribution in [0.1, 0.15) is 38.4 Å². The molecule has 1 aromatic rings. The van der Waals surface area contributed by atoms with Crippen molar-refractivity contribution in [3.63, 3.8) is 0 Å². The fraction of sp³-hybridized carbons (Fsp3) is 0.588. The summed E-state index contributed by atoms with van der Waals surface area (Å²) in [5.74, 6) is 0.278. The van der Waals surface area contributed by atoms with E-state index >= 15 is 0 Å². The summed E-state index contributed by atoms with van der Waals surface area (Å²) >= 11 is 5.88. The lowest BCUT2D eigenvalue weighted by Gasteiger charge is -2.38. The fourth-order valence-electron chi connectivity index (χ4n) is 2.87. The maximum atomic E-state index is 12.4. The van der Waals surface area contributed by atoms with Gasteiger partial charge in [-0.25, -0.2) is 0 Å². The van der Waals surface area contributed by atoms with E-state index in [1.165, 1.54) is 0 Å². The minimum absolute atomic E-state index is 0.106. The van der Waals surface area contributed by atoms with Gasteiger partial charge in [0.25, 0.3) is 0 Å². The van der Waals surface area contributed by atoms with Crippen molar-refractivity contribution in [2.75, 3.05) is 19.6 Å². The second-order valence-corrected chi connectivity index (χ2v) is 7.15. The molecule has 1 aliphatic rings. The Balaban J connectivity index is 1.94. The van der Waals surface area contributed by atoms with Crippen molar-refractivity contribution in [3.05, 3.63) is 34.9 Å². The zero-order chi connectivity index (χ0) is 16.3. The van der Waals surface area contributed by atoms with Crippen LogP contribution in [-0.2, 0) is 4.79 Å². The fourth-order valence-corrected chi connectivity index (χ4v) is 2.99. The first-order valence-corrected chi connectivity index (χ1v) is 8.16. The first-order chi connectivity index (χ1) is 10.3. The van der Waals surface area contributed by atoms with Gasteiger partial charge in [0, 0.05) is 24.7 Å². The molecule has 1 heterocycles. The van der Waals surface area contributed by atoms with Crippen molar-refractivity contribution in [1.29, 1.82) is 0 Å². The van der Waals surface area contributed by atoms with Crippen molar-refractivity contribution in [2.24, 2.45) is 17.1 Å². The number of carbonyl (C=O) groups excluding carboxylic acids is 1. The molecule has 1 saturated heterocycles. The van der Waals surface area contributed by atoms with Crippen LogP contribution in [0, 0.1) is 11.3 Å². The number of hydrogen-bond acceptors (Lipinski definition) is 3. The molecule has 5 heteroatoms. The molecule has 0 aliphatic carbocycles. The number of aliphatic hydroxyl groups excluding tert-OH is 1. The molecule has 1 aliphatic heterocycles. The number of benzene rings is 1. The lowest BCUT2D eigenvalue weighted by atomic mass is 9.85. The summed E-state index contributed by atoms with van der Waals surface area (Å²) in [6.45, 7) is 5.46. The Bertz CT molecular complexity index is 508. The molecule has 0 radical (unpaired) electrons. The first kappa shape index (κ1) is 17.3. The second kappa shape index (κ2) is 6.99. The summed E-state index contributed by atoms with van der Waals surface area (Å²) in [6.07, 6.45) is 1.10. The number of hydrogen-bond donors (Lipinski definition) is 2. The Kier molecular flexibility index (Phi) is 5.48. The number of piperidine rings is 1. The van der Waals surface area contributed by atoms with Crippen molar-refractivity contribution < 1.29 is 9.90 Å². The lowest BCUT2D eigenvalue weighted by molar-refractivity contribution is -0.141. The Morgan fingerprint density at radius 3 is 2.41 bits per heavy atom. The van der Waals surface area contributed by atoms with Gasteiger partial charge >= 0.3 is 0 Å². The highest BCUT2D eigenvalue weighted by Gasteiger charge is 2.34. The molecular weight excluding hydrogens is 300 g/mol. The summed E-state index contributed by atoms with van der Waals surface area (Å²) in [5, 5.41) is 11.2. The summed E-state index contributed by atoms with van der Waals surface area (Å²) in [4.78, 5) is 14.3. The van der Waals surface area contributed by atoms with Crippen molar-refractivity contribution >= 4 is 17.5 Å². The molecule has 0 spiro atoms. The largest absolute Gasteiger partial charge is 0.388 e. The normalized spacial score (nSPS) is 18.3. The number of rotatable bonds is 4. The predicted molar refractivity (Wildman–Crippen MR) is 88.6 cm³/mol. The van der Waals surface area contributed by atoms with Gasteiger partial charge in [-0.3, -0.25) is 4.79 Å². The molecule has 1 fully saturated rings. The first-order valence-electron chi connectivity index (χ1n) is 7.78. The van der Waals surface area contributed by atoms with Crippen LogP contribution in [0.25, 0.3) is 0 Å². The van der Waals surface area contributed by atoms with E-state index in [-0.39, 0.29) is 11.8 Å². The van der Waals surface area contributed by atoms with Gasteiger partial charge in [0.2, 0.25) is 5.91 Å². The average Bonchev–Trinajstić information content (AvgIpc) is 2.54. The Morgan fingerprint density at radius 1 is 1.36 bits per heavy atom. The Morgan fingerprint density at radius 2 is 1.91 bits per heavy atom. The van der Waals surface area contributed by atoms with E-state index in [1.807, 2.05) is 30.9 Å². The van der Waals surface area contributed by atoms with E-state index in [9.17, 15) is 9.90 Å². The number of nitrogens with zero attached hydrogens (tertiary/aromatic N) is 1. The van der Waals surface area contributed by atoms with E-state index in [4.69, 9.17) is 17.3 Å². The molecule has 0 bridgehead atoms. The number of aliphatic hydroxyl groups is 1. The van der Waals surface area contributed by atoms with Gasteiger partial charge in [0.05, 0.1) is 11.5 Å². The van der Waals surface area contributed by atoms with Gasteiger partial charge in [-0.1, -0.05) is 23.7 Å². The highest BCUT2D eigenvalue weighted by Crippen LogP contribution is 2.32. The summed E-state index contributed by atoms with van der Waals surface area (Å²) in [6, 6.07) is 7.31. The van der Waals surface area contributed by atoms with Crippen LogP contribution >= 0.6 is 11.6 Å². The van der Waals surface area contributed by atoms with Gasteiger partial charge in [0.15, 0.2) is 0 Å². The molecule has 2 rings (SSSR count). The standard InChI is InChI=1S/C17H25ClN2O2/c1-17(2,11-19)16(22)20-9-7-13(8-10-20)15(21)12-3-5-14(18)6-4-12/h3-6,13,15,21H,7-11,19H2,1-2H3. The molecule has 122 valence electrons. The van der Waals surface area contributed by atoms with Crippen molar-refractivity contribution in [2.45, 2.75) is 32.8 Å². The van der Waals surface area contributed by atoms with Gasteiger partial charge in [-0.2, -0.15) is 0 Å². The highest BCUT2D eigenvalue weighted by molar-refractivity contribution is 6.30. The molecule has 4 nitrogen and oxygen atoms in total. The zero-order valence-electron chi connectivity index (χ0n) is 13.3. The molecule has 0 saturated carbocycles. The van der Waals surface area contributed by atoms with Crippen molar-refractivity contribution in [3.8, 4) is 0 Å². The number of likely N-dealkylation sites (tertiary alicyclic amines) is 1. The summed E-state index contributed by atoms with van der Waals surface area (Å²) in [7, 11) is 0. The van der Waals surface area contributed by atoms with E-state index in [2.05, 4.69) is 0 Å². The lowest BCUT2D eigenvalue weighted by Crippen LogP contribution is -2.48. The third-order valence-corrected chi connectivity index (χ3v) is 4.83. The third-order valence-electron chi connectivity index (χ3n) is 4.57. The number of amides is 1. The SMILES string of the molecule is CC(C)(CN)C(=O)N1CCC(C(O)c2ccc(Cl)cc2)CC1. The van der Waals surface area contributed by atoms with Crippen molar-refractivity contribution in [1.82, 2.24) is 4.90 Å². The smallest absolute Gasteiger partial charge is 0.229 e. The molecule has 1 aromatic carbocycles. The Hall–Kier alpha value is -1.10. The van der Waals surface area contributed by atoms with Gasteiger partial charge in [0.1, 0.15) is 0 Å². The quantitative estimate of drug-likeness (QED) is 0.894. The molecule has 1 unspecified atom stereocenters. The zero-order valence-corrected chi connectivity index (χ0v) is 14.0. The second-order valence-electron chi connectivity index (χ2n) is 6.71. The Labute approximate surface area is 137 Å². The summed E-state index contributed by atoms with van der Waals surface area (Å²) in [5.41, 5.74) is 6.05. The maximum absolute atomic E-state index is 12.4. The van der Waals surface area contributed by atoms with Crippen LogP contribution in [0.5, 0.6) is 0 Å². The van der Waals surface area contributed by atoms with E-state index in [0.717, 1.165) is 18.4 Å². The molecule has 22 heavy (non-hydrogen) atoms. The molecule has 1 amide bonds. The monoisotopic (exact) mass is 324 g/mol. The van der Waals surface area contributed by atoms with Crippen LogP contribution in [0.3, 0.4) is 0 Å². The van der Waals surface area contributed by atoms with Crippen LogP contribution in [0.2, 0.25) is 5.02 Å². The van der Waals surface area contributed by atoms with E-state index < -0.39 is 11.5 Å². The molecule has 1 atom stereocenters. The topological polar surface area (TPSA) is 66.6 Å². The van der Waals surface area contributed by atoms with Crippen LogP contribution in [0.4, 0.5) is 0 Å². The number of halogens is 1. The molecular formula is C17H25ClN2O2. The van der Waals surface area contributed by atoms with Crippen LogP contribution in [-0.4, -0.2) is 35.5 Å². The summed E-state index contributed by atoms with van der Waals surface area (Å²) < 4.78 is 0. The van der Waals surface area contributed by atoms with E-state index in [1.54, 1.807) is 12.1 Å². The van der Waals surface area contributed by atoms with Gasteiger partial charge < -0.3 is 15.7 Å². The van der Waals surface area contributed by atoms with Gasteiger partial charge in [-0.15, -0.1) is 0 Å². The number of carbonyl (C=O) groups is 1. The van der Waals surface area contributed by atoms with Crippen LogP contribution < -0.4 is 5.73 Å². The van der Waals surface area contributed by atoms with Gasteiger partial charge in [-0.05, 0) is 50.3 Å². The predicted octanol–water partition coefficient (Wildman–Crippen LogP) is 2.60. The average molecular weight is 325 g/mol. The third kappa shape index (κ3) is 3.80. The molecule has 0 aromatic heterocycles. The minimum atomic E-state index is -0.512. The van der Waals surface area contributed by atoms with Crippen LogP contribution in [0.15, 0.2) is 24.3 Å². The number of nitrogens with two attached hydrogens (primary N) is 1.